The molecule has 19 heavy (non-hydrogen) atoms. The Morgan fingerprint density at radius 2 is 2.11 bits per heavy atom. The number of benzene rings is 1. The molecule has 2 rings (SSSR count). The number of aromatic nitrogens is 1. The molecule has 0 amide bonds. The Morgan fingerprint density at radius 3 is 2.74 bits per heavy atom. The molecule has 0 unspecified atom stereocenters. The van der Waals surface area contributed by atoms with Crippen LogP contribution in [0.25, 0.3) is 0 Å². The van der Waals surface area contributed by atoms with E-state index < -0.39 is 17.6 Å². The highest BCUT2D eigenvalue weighted by atomic mass is 79.9. The van der Waals surface area contributed by atoms with Crippen molar-refractivity contribution < 1.29 is 23.2 Å². The maximum absolute atomic E-state index is 13.4. The van der Waals surface area contributed by atoms with E-state index in [2.05, 4.69) is 26.4 Å². The molecule has 100 valence electrons. The van der Waals surface area contributed by atoms with Crippen LogP contribution in [0.1, 0.15) is 16.2 Å². The van der Waals surface area contributed by atoms with Crippen molar-refractivity contribution in [1.82, 2.24) is 5.16 Å². The Labute approximate surface area is 114 Å². The smallest absolute Gasteiger partial charge is 0.358 e. The number of rotatable bonds is 4. The van der Waals surface area contributed by atoms with Crippen molar-refractivity contribution in [1.29, 1.82) is 0 Å². The molecule has 0 aliphatic carbocycles. The molecular weight excluding hydrogens is 326 g/mol. The molecule has 1 aromatic carbocycles. The summed E-state index contributed by atoms with van der Waals surface area (Å²) in [7, 11) is 0. The number of aromatic carboxylic acids is 1. The second kappa shape index (κ2) is 5.35. The molecule has 0 saturated carbocycles. The minimum absolute atomic E-state index is 0.0231. The maximum Gasteiger partial charge on any atom is 0.358 e. The standard InChI is InChI=1S/C11H7BrF2N2O3/c12-6-2-9(8(14)3-7(6)13)15-4-5-1-10(11(17)18)16-19-5/h1-3,15H,4H2,(H,17,18). The number of carboxylic acids is 1. The second-order valence-electron chi connectivity index (χ2n) is 3.58. The molecule has 0 aliphatic rings. The van der Waals surface area contributed by atoms with Gasteiger partial charge in [-0.05, 0) is 22.0 Å². The number of hydrogen-bond acceptors (Lipinski definition) is 4. The van der Waals surface area contributed by atoms with Crippen LogP contribution in [-0.2, 0) is 6.54 Å². The number of halogens is 3. The van der Waals surface area contributed by atoms with Crippen LogP contribution in [0.4, 0.5) is 14.5 Å². The van der Waals surface area contributed by atoms with Gasteiger partial charge in [-0.2, -0.15) is 0 Å². The first kappa shape index (κ1) is 13.5. The summed E-state index contributed by atoms with van der Waals surface area (Å²) in [6.07, 6.45) is 0. The predicted octanol–water partition coefficient (Wildman–Crippen LogP) is 3.03. The lowest BCUT2D eigenvalue weighted by molar-refractivity contribution is 0.0685. The Hall–Kier alpha value is -1.96. The summed E-state index contributed by atoms with van der Waals surface area (Å²) < 4.78 is 31.3. The van der Waals surface area contributed by atoms with Gasteiger partial charge in [0.1, 0.15) is 11.6 Å². The zero-order valence-corrected chi connectivity index (χ0v) is 10.9. The molecule has 8 heteroatoms. The lowest BCUT2D eigenvalue weighted by Gasteiger charge is -2.06. The van der Waals surface area contributed by atoms with Crippen LogP contribution >= 0.6 is 15.9 Å². The quantitative estimate of drug-likeness (QED) is 0.842. The van der Waals surface area contributed by atoms with E-state index in [1.54, 1.807) is 0 Å². The number of hydrogen-bond donors (Lipinski definition) is 2. The van der Waals surface area contributed by atoms with Crippen molar-refractivity contribution in [2.24, 2.45) is 0 Å². The summed E-state index contributed by atoms with van der Waals surface area (Å²) in [6, 6.07) is 3.18. The fraction of sp³-hybridized carbons (Fsp3) is 0.0909. The van der Waals surface area contributed by atoms with Gasteiger partial charge in [-0.1, -0.05) is 5.16 Å². The molecule has 2 N–H and O–H groups in total. The van der Waals surface area contributed by atoms with Gasteiger partial charge in [-0.3, -0.25) is 0 Å². The third-order valence-corrected chi connectivity index (χ3v) is 2.85. The van der Waals surface area contributed by atoms with E-state index in [0.717, 1.165) is 6.07 Å². The summed E-state index contributed by atoms with van der Waals surface area (Å²) in [5.41, 5.74) is -0.181. The first-order valence-electron chi connectivity index (χ1n) is 5.04. The first-order valence-corrected chi connectivity index (χ1v) is 5.84. The molecule has 5 nitrogen and oxygen atoms in total. The molecule has 0 radical (unpaired) electrons. The number of nitrogens with one attached hydrogen (secondary N) is 1. The average Bonchev–Trinajstić information content (AvgIpc) is 2.81. The first-order chi connectivity index (χ1) is 8.97. The van der Waals surface area contributed by atoms with Crippen molar-refractivity contribution >= 4 is 27.6 Å². The predicted molar refractivity (Wildman–Crippen MR) is 64.8 cm³/mol. The molecular formula is C11H7BrF2N2O3. The highest BCUT2D eigenvalue weighted by Crippen LogP contribution is 2.24. The minimum Gasteiger partial charge on any atom is -0.476 e. The zero-order valence-electron chi connectivity index (χ0n) is 9.28. The number of anilines is 1. The Balaban J connectivity index is 2.09. The summed E-state index contributed by atoms with van der Waals surface area (Å²) >= 11 is 2.93. The highest BCUT2D eigenvalue weighted by Gasteiger charge is 2.12. The van der Waals surface area contributed by atoms with Crippen molar-refractivity contribution in [3.05, 3.63) is 45.8 Å². The summed E-state index contributed by atoms with van der Waals surface area (Å²) in [5.74, 6) is -2.47. The van der Waals surface area contributed by atoms with Gasteiger partial charge in [0.2, 0.25) is 0 Å². The molecule has 1 heterocycles. The van der Waals surface area contributed by atoms with E-state index in [1.807, 2.05) is 0 Å². The van der Waals surface area contributed by atoms with E-state index >= 15 is 0 Å². The normalized spacial score (nSPS) is 10.5. The van der Waals surface area contributed by atoms with Crippen LogP contribution in [-0.4, -0.2) is 16.2 Å². The lowest BCUT2D eigenvalue weighted by Crippen LogP contribution is -2.01. The van der Waals surface area contributed by atoms with Gasteiger partial charge in [0.25, 0.3) is 0 Å². The lowest BCUT2D eigenvalue weighted by atomic mass is 10.3. The number of nitrogens with zero attached hydrogens (tertiary/aromatic N) is 1. The van der Waals surface area contributed by atoms with Crippen LogP contribution in [0.2, 0.25) is 0 Å². The van der Waals surface area contributed by atoms with Gasteiger partial charge in [0.05, 0.1) is 16.7 Å². The molecule has 0 bridgehead atoms. The SMILES string of the molecule is O=C(O)c1cc(CNc2cc(Br)c(F)cc2F)on1. The van der Waals surface area contributed by atoms with Gasteiger partial charge in [-0.15, -0.1) is 0 Å². The summed E-state index contributed by atoms with van der Waals surface area (Å²) in [6.45, 7) is 0.0231. The van der Waals surface area contributed by atoms with Gasteiger partial charge in [-0.25, -0.2) is 13.6 Å². The van der Waals surface area contributed by atoms with E-state index in [9.17, 15) is 13.6 Å². The maximum atomic E-state index is 13.4. The van der Waals surface area contributed by atoms with Crippen LogP contribution in [0.5, 0.6) is 0 Å². The van der Waals surface area contributed by atoms with E-state index in [0.29, 0.717) is 0 Å². The van der Waals surface area contributed by atoms with Gasteiger partial charge < -0.3 is 14.9 Å². The van der Waals surface area contributed by atoms with Crippen molar-refractivity contribution in [3.8, 4) is 0 Å². The second-order valence-corrected chi connectivity index (χ2v) is 4.44. The Morgan fingerprint density at radius 1 is 1.37 bits per heavy atom. The third kappa shape index (κ3) is 3.08. The van der Waals surface area contributed by atoms with E-state index in [-0.39, 0.29) is 28.2 Å². The summed E-state index contributed by atoms with van der Waals surface area (Å²) in [5, 5.41) is 14.6. The number of carbonyl (C=O) groups is 1. The molecule has 0 spiro atoms. The van der Waals surface area contributed by atoms with Gasteiger partial charge in [0, 0.05) is 12.1 Å². The Bertz CT molecular complexity index is 630. The third-order valence-electron chi connectivity index (χ3n) is 2.24. The van der Waals surface area contributed by atoms with E-state index in [4.69, 9.17) is 9.63 Å². The van der Waals surface area contributed by atoms with Crippen molar-refractivity contribution in [2.45, 2.75) is 6.54 Å². The van der Waals surface area contributed by atoms with Crippen molar-refractivity contribution in [3.63, 3.8) is 0 Å². The monoisotopic (exact) mass is 332 g/mol. The van der Waals surface area contributed by atoms with Crippen LogP contribution in [0.15, 0.2) is 27.2 Å². The minimum atomic E-state index is -1.22. The van der Waals surface area contributed by atoms with Crippen LogP contribution < -0.4 is 5.32 Å². The van der Waals surface area contributed by atoms with Crippen molar-refractivity contribution in [2.75, 3.05) is 5.32 Å². The molecule has 0 fully saturated rings. The van der Waals surface area contributed by atoms with Crippen LogP contribution in [0, 0.1) is 11.6 Å². The highest BCUT2D eigenvalue weighted by molar-refractivity contribution is 9.10. The fourth-order valence-electron chi connectivity index (χ4n) is 1.34. The van der Waals surface area contributed by atoms with Crippen LogP contribution in [0.3, 0.4) is 0 Å². The fourth-order valence-corrected chi connectivity index (χ4v) is 1.68. The average molecular weight is 333 g/mol. The zero-order chi connectivity index (χ0) is 14.0. The molecule has 0 aliphatic heterocycles. The molecule has 2 aromatic rings. The Kier molecular flexibility index (Phi) is 3.79. The largest absolute Gasteiger partial charge is 0.476 e. The molecule has 0 saturated heterocycles. The summed E-state index contributed by atoms with van der Waals surface area (Å²) in [4.78, 5) is 10.6. The van der Waals surface area contributed by atoms with Gasteiger partial charge in [0.15, 0.2) is 11.5 Å². The molecule has 1 aromatic heterocycles. The topological polar surface area (TPSA) is 75.4 Å². The molecule has 0 atom stereocenters. The number of carboxylic acid groups (broad SMARTS) is 1. The van der Waals surface area contributed by atoms with Gasteiger partial charge >= 0.3 is 5.97 Å². The van der Waals surface area contributed by atoms with E-state index in [1.165, 1.54) is 12.1 Å².